The van der Waals surface area contributed by atoms with Crippen LogP contribution in [0.25, 0.3) is 0 Å². The number of carbonyl (C=O) groups is 2. The normalized spacial score (nSPS) is 13.8. The van der Waals surface area contributed by atoms with Gasteiger partial charge in [-0.15, -0.1) is 0 Å². The van der Waals surface area contributed by atoms with Crippen molar-refractivity contribution in [2.45, 2.75) is 33.7 Å². The van der Waals surface area contributed by atoms with E-state index in [9.17, 15) is 19.1 Å². The number of hydrogen-bond acceptors (Lipinski definition) is 2. The van der Waals surface area contributed by atoms with Gasteiger partial charge in [-0.25, -0.2) is 4.39 Å². The second-order valence-corrected chi connectivity index (χ2v) is 6.48. The van der Waals surface area contributed by atoms with Gasteiger partial charge in [-0.3, -0.25) is 9.59 Å². The van der Waals surface area contributed by atoms with Gasteiger partial charge in [0.15, 0.2) is 0 Å². The van der Waals surface area contributed by atoms with Gasteiger partial charge in [0.1, 0.15) is 5.82 Å². The fraction of sp³-hybridized carbons (Fsp3) is 0.467. The number of aliphatic carboxylic acids is 1. The molecule has 116 valence electrons. The number of halogens is 2. The molecule has 21 heavy (non-hydrogen) atoms. The predicted molar refractivity (Wildman–Crippen MR) is 81.1 cm³/mol. The molecule has 0 spiro atoms. The van der Waals surface area contributed by atoms with Gasteiger partial charge < -0.3 is 10.4 Å². The Morgan fingerprint density at radius 1 is 1.43 bits per heavy atom. The summed E-state index contributed by atoms with van der Waals surface area (Å²) in [5, 5.41) is 11.8. The van der Waals surface area contributed by atoms with Crippen LogP contribution in [-0.4, -0.2) is 17.0 Å². The molecule has 1 unspecified atom stereocenters. The first-order chi connectivity index (χ1) is 9.66. The molecular formula is C15H19BrFNO3. The van der Waals surface area contributed by atoms with E-state index in [1.54, 1.807) is 32.9 Å². The van der Waals surface area contributed by atoms with E-state index < -0.39 is 23.1 Å². The number of nitrogens with one attached hydrogen (secondary N) is 1. The third kappa shape index (κ3) is 4.52. The molecule has 1 amide bonds. The molecule has 1 rings (SSSR count). The van der Waals surface area contributed by atoms with Gasteiger partial charge in [0.05, 0.1) is 5.41 Å². The first kappa shape index (κ1) is 17.6. The van der Waals surface area contributed by atoms with Crippen LogP contribution in [0.15, 0.2) is 22.7 Å². The number of hydrogen-bond donors (Lipinski definition) is 2. The molecule has 1 aromatic carbocycles. The maximum atomic E-state index is 13.5. The summed E-state index contributed by atoms with van der Waals surface area (Å²) < 4.78 is 14.3. The maximum absolute atomic E-state index is 13.5. The van der Waals surface area contributed by atoms with Crippen molar-refractivity contribution in [3.63, 3.8) is 0 Å². The molecule has 4 nitrogen and oxygen atoms in total. The fourth-order valence-corrected chi connectivity index (χ4v) is 2.20. The Morgan fingerprint density at radius 3 is 2.57 bits per heavy atom. The summed E-state index contributed by atoms with van der Waals surface area (Å²) in [6.07, 6.45) is -0.143. The Morgan fingerprint density at radius 2 is 2.05 bits per heavy atom. The molecule has 0 saturated heterocycles. The molecule has 0 fully saturated rings. The minimum atomic E-state index is -1.14. The van der Waals surface area contributed by atoms with Crippen LogP contribution in [0.1, 0.15) is 32.8 Å². The average molecular weight is 360 g/mol. The van der Waals surface area contributed by atoms with E-state index in [1.807, 2.05) is 0 Å². The van der Waals surface area contributed by atoms with Crippen molar-refractivity contribution in [1.82, 2.24) is 5.32 Å². The lowest BCUT2D eigenvalue weighted by Gasteiger charge is -2.28. The largest absolute Gasteiger partial charge is 0.481 e. The highest BCUT2D eigenvalue weighted by atomic mass is 79.9. The van der Waals surface area contributed by atoms with Crippen LogP contribution in [0.2, 0.25) is 0 Å². The molecule has 0 aliphatic heterocycles. The zero-order chi connectivity index (χ0) is 16.2. The van der Waals surface area contributed by atoms with E-state index in [0.717, 1.165) is 0 Å². The number of rotatable bonds is 6. The standard InChI is InChI=1S/C15H19BrFNO3/c1-9(2)15(3,14(20)21)7-13(19)18-8-10-6-11(16)4-5-12(10)17/h4-6,9H,7-8H2,1-3H3,(H,18,19)(H,20,21). The van der Waals surface area contributed by atoms with Gasteiger partial charge in [-0.05, 0) is 31.0 Å². The molecule has 0 heterocycles. The van der Waals surface area contributed by atoms with Crippen molar-refractivity contribution in [3.05, 3.63) is 34.1 Å². The van der Waals surface area contributed by atoms with Crippen molar-refractivity contribution in [2.75, 3.05) is 0 Å². The van der Waals surface area contributed by atoms with Crippen LogP contribution in [0.3, 0.4) is 0 Å². The zero-order valence-electron chi connectivity index (χ0n) is 12.2. The third-order valence-corrected chi connectivity index (χ3v) is 4.27. The van der Waals surface area contributed by atoms with Crippen LogP contribution in [0, 0.1) is 17.2 Å². The van der Waals surface area contributed by atoms with Crippen molar-refractivity contribution in [2.24, 2.45) is 11.3 Å². The number of benzene rings is 1. The second-order valence-electron chi connectivity index (χ2n) is 5.57. The number of amides is 1. The van der Waals surface area contributed by atoms with E-state index in [2.05, 4.69) is 21.2 Å². The Hall–Kier alpha value is -1.43. The average Bonchev–Trinajstić information content (AvgIpc) is 2.39. The van der Waals surface area contributed by atoms with Crippen LogP contribution in [-0.2, 0) is 16.1 Å². The molecule has 6 heteroatoms. The molecule has 0 saturated carbocycles. The highest BCUT2D eigenvalue weighted by Crippen LogP contribution is 2.31. The number of carboxylic acid groups (broad SMARTS) is 1. The molecule has 1 aromatic rings. The summed E-state index contributed by atoms with van der Waals surface area (Å²) in [7, 11) is 0. The first-order valence-corrected chi connectivity index (χ1v) is 7.40. The van der Waals surface area contributed by atoms with Gasteiger partial charge in [0, 0.05) is 23.0 Å². The molecule has 1 atom stereocenters. The van der Waals surface area contributed by atoms with Gasteiger partial charge in [0.25, 0.3) is 0 Å². The van der Waals surface area contributed by atoms with Crippen LogP contribution in [0.4, 0.5) is 4.39 Å². The van der Waals surface area contributed by atoms with Crippen LogP contribution >= 0.6 is 15.9 Å². The highest BCUT2D eigenvalue weighted by molar-refractivity contribution is 9.10. The van der Waals surface area contributed by atoms with Crippen molar-refractivity contribution < 1.29 is 19.1 Å². The van der Waals surface area contributed by atoms with E-state index >= 15 is 0 Å². The lowest BCUT2D eigenvalue weighted by Crippen LogP contribution is -2.39. The molecule has 0 aromatic heterocycles. The van der Waals surface area contributed by atoms with E-state index in [4.69, 9.17) is 0 Å². The highest BCUT2D eigenvalue weighted by Gasteiger charge is 2.38. The monoisotopic (exact) mass is 359 g/mol. The number of carbonyl (C=O) groups excluding carboxylic acids is 1. The second kappa shape index (κ2) is 7.02. The lowest BCUT2D eigenvalue weighted by atomic mass is 9.76. The molecule has 0 bridgehead atoms. The van der Waals surface area contributed by atoms with E-state index in [1.165, 1.54) is 6.07 Å². The minimum Gasteiger partial charge on any atom is -0.481 e. The fourth-order valence-electron chi connectivity index (χ4n) is 1.80. The van der Waals surface area contributed by atoms with Gasteiger partial charge in [-0.1, -0.05) is 29.8 Å². The van der Waals surface area contributed by atoms with Crippen molar-refractivity contribution in [3.8, 4) is 0 Å². The summed E-state index contributed by atoms with van der Waals surface area (Å²) in [6.45, 7) is 5.09. The van der Waals surface area contributed by atoms with Crippen molar-refractivity contribution >= 4 is 27.8 Å². The van der Waals surface area contributed by atoms with E-state index in [-0.39, 0.29) is 18.9 Å². The minimum absolute atomic E-state index is 0.0257. The topological polar surface area (TPSA) is 66.4 Å². The SMILES string of the molecule is CC(C)C(C)(CC(=O)NCc1cc(Br)ccc1F)C(=O)O. The Kier molecular flexibility index (Phi) is 5.89. The summed E-state index contributed by atoms with van der Waals surface area (Å²) in [5.41, 5.74) is -0.792. The summed E-state index contributed by atoms with van der Waals surface area (Å²) in [4.78, 5) is 23.3. The van der Waals surface area contributed by atoms with E-state index in [0.29, 0.717) is 10.0 Å². The molecule has 0 radical (unpaired) electrons. The molecule has 2 N–H and O–H groups in total. The molecule has 0 aliphatic rings. The van der Waals surface area contributed by atoms with Gasteiger partial charge >= 0.3 is 5.97 Å². The summed E-state index contributed by atoms with van der Waals surface area (Å²) in [5.74, 6) is -2.03. The number of carboxylic acids is 1. The molecule has 0 aliphatic carbocycles. The predicted octanol–water partition coefficient (Wildman–Crippen LogP) is 3.34. The Labute approximate surface area is 131 Å². The summed E-state index contributed by atoms with van der Waals surface area (Å²) >= 11 is 3.23. The Bertz CT molecular complexity index is 548. The first-order valence-electron chi connectivity index (χ1n) is 6.61. The van der Waals surface area contributed by atoms with Crippen LogP contribution in [0.5, 0.6) is 0 Å². The van der Waals surface area contributed by atoms with Crippen LogP contribution < -0.4 is 5.32 Å². The Balaban J connectivity index is 2.70. The molecular weight excluding hydrogens is 341 g/mol. The quantitative estimate of drug-likeness (QED) is 0.818. The van der Waals surface area contributed by atoms with Gasteiger partial charge in [0.2, 0.25) is 5.91 Å². The lowest BCUT2D eigenvalue weighted by molar-refractivity contribution is -0.153. The third-order valence-electron chi connectivity index (χ3n) is 3.77. The van der Waals surface area contributed by atoms with Crippen molar-refractivity contribution in [1.29, 1.82) is 0 Å². The van der Waals surface area contributed by atoms with Gasteiger partial charge in [-0.2, -0.15) is 0 Å². The zero-order valence-corrected chi connectivity index (χ0v) is 13.8. The maximum Gasteiger partial charge on any atom is 0.310 e. The summed E-state index contributed by atoms with van der Waals surface area (Å²) in [6, 6.07) is 4.45. The smallest absolute Gasteiger partial charge is 0.310 e.